The van der Waals surface area contributed by atoms with Crippen molar-refractivity contribution in [1.29, 1.82) is 0 Å². The van der Waals surface area contributed by atoms with Gasteiger partial charge in [-0.3, -0.25) is 9.80 Å². The molecule has 8 heteroatoms. The number of benzene rings is 2. The number of aryl methyl sites for hydroxylation is 1. The van der Waals surface area contributed by atoms with Crippen LogP contribution in [0.5, 0.6) is 0 Å². The van der Waals surface area contributed by atoms with Gasteiger partial charge in [0, 0.05) is 31.9 Å². The van der Waals surface area contributed by atoms with Gasteiger partial charge >= 0.3 is 5.97 Å². The number of nitrogens with zero attached hydrogens (tertiary/aromatic N) is 2. The number of ether oxygens (including phenoxy) is 1. The Morgan fingerprint density at radius 2 is 2.09 bits per heavy atom. The molecule has 1 heterocycles. The highest BCUT2D eigenvalue weighted by atomic mass is 32.2. The molecule has 2 atom stereocenters. The Bertz CT molecular complexity index is 1040. The van der Waals surface area contributed by atoms with Crippen LogP contribution in [0.4, 0.5) is 0 Å². The molecule has 1 saturated heterocycles. The molecule has 1 unspecified atom stereocenters. The second-order valence-corrected chi connectivity index (χ2v) is 9.74. The van der Waals surface area contributed by atoms with Crippen molar-refractivity contribution in [3.8, 4) is 11.1 Å². The summed E-state index contributed by atoms with van der Waals surface area (Å²) in [6.45, 7) is 3.61. The van der Waals surface area contributed by atoms with Crippen molar-refractivity contribution < 1.29 is 19.4 Å². The number of amides is 1. The topological polar surface area (TPSA) is 91.2 Å². The third kappa shape index (κ3) is 7.32. The summed E-state index contributed by atoms with van der Waals surface area (Å²) in [5.41, 5.74) is 4.29. The van der Waals surface area contributed by atoms with Crippen LogP contribution in [0.1, 0.15) is 40.7 Å². The average molecular weight is 498 g/mol. The number of hydrazone groups is 1. The minimum absolute atomic E-state index is 0.318. The summed E-state index contributed by atoms with van der Waals surface area (Å²) in [6, 6.07) is 13.0. The molecule has 188 valence electrons. The van der Waals surface area contributed by atoms with Gasteiger partial charge in [-0.05, 0) is 72.6 Å². The fourth-order valence-corrected chi connectivity index (χ4v) is 4.80. The van der Waals surface area contributed by atoms with Crippen LogP contribution in [0, 0.1) is 6.92 Å². The largest absolute Gasteiger partial charge is 0.480 e. The molecule has 2 aromatic rings. The molecule has 0 spiro atoms. The SMILES string of the molecule is COCC1CCCN1N=CCc1ccc(C(=O)N[C@@H](CCSC)C(=O)O)c(-c2ccccc2C)c1. The van der Waals surface area contributed by atoms with Gasteiger partial charge < -0.3 is 15.2 Å². The molecule has 2 aromatic carbocycles. The van der Waals surface area contributed by atoms with Crippen molar-refractivity contribution in [2.45, 2.75) is 44.7 Å². The quantitative estimate of drug-likeness (QED) is 0.426. The van der Waals surface area contributed by atoms with Crippen LogP contribution in [0.15, 0.2) is 47.6 Å². The number of carbonyl (C=O) groups excluding carboxylic acids is 1. The fraction of sp³-hybridized carbons (Fsp3) is 0.444. The second kappa shape index (κ2) is 13.3. The van der Waals surface area contributed by atoms with Crippen molar-refractivity contribution in [1.82, 2.24) is 10.3 Å². The molecule has 35 heavy (non-hydrogen) atoms. The number of nitrogens with one attached hydrogen (secondary N) is 1. The lowest BCUT2D eigenvalue weighted by atomic mass is 9.93. The molecule has 2 N–H and O–H groups in total. The molecular formula is C27H35N3O4S. The van der Waals surface area contributed by atoms with E-state index in [2.05, 4.69) is 15.4 Å². The minimum Gasteiger partial charge on any atom is -0.480 e. The van der Waals surface area contributed by atoms with Gasteiger partial charge in [-0.15, -0.1) is 0 Å². The summed E-state index contributed by atoms with van der Waals surface area (Å²) < 4.78 is 5.30. The normalized spacial score (nSPS) is 16.5. The van der Waals surface area contributed by atoms with Crippen molar-refractivity contribution in [3.63, 3.8) is 0 Å². The Labute approximate surface area is 211 Å². The zero-order valence-electron chi connectivity index (χ0n) is 20.7. The van der Waals surface area contributed by atoms with Crippen molar-refractivity contribution in [2.24, 2.45) is 5.10 Å². The fourth-order valence-electron chi connectivity index (χ4n) is 4.33. The maximum absolute atomic E-state index is 13.2. The molecule has 1 amide bonds. The van der Waals surface area contributed by atoms with Gasteiger partial charge in [-0.2, -0.15) is 16.9 Å². The van der Waals surface area contributed by atoms with E-state index in [4.69, 9.17) is 4.74 Å². The van der Waals surface area contributed by atoms with Crippen molar-refractivity contribution in [2.75, 3.05) is 32.3 Å². The zero-order valence-corrected chi connectivity index (χ0v) is 21.5. The third-order valence-corrected chi connectivity index (χ3v) is 6.88. The van der Waals surface area contributed by atoms with E-state index in [0.717, 1.165) is 41.6 Å². The van der Waals surface area contributed by atoms with E-state index in [1.165, 1.54) is 0 Å². The molecular weight excluding hydrogens is 462 g/mol. The molecule has 1 fully saturated rings. The summed E-state index contributed by atoms with van der Waals surface area (Å²) in [4.78, 5) is 24.9. The Morgan fingerprint density at radius 3 is 2.80 bits per heavy atom. The first-order valence-corrected chi connectivity index (χ1v) is 13.3. The van der Waals surface area contributed by atoms with Crippen molar-refractivity contribution in [3.05, 3.63) is 59.2 Å². The first kappa shape index (κ1) is 26.8. The molecule has 0 aromatic heterocycles. The highest BCUT2D eigenvalue weighted by molar-refractivity contribution is 7.98. The molecule has 1 aliphatic rings. The molecule has 3 rings (SSSR count). The van der Waals surface area contributed by atoms with E-state index >= 15 is 0 Å². The third-order valence-electron chi connectivity index (χ3n) is 6.24. The average Bonchev–Trinajstić information content (AvgIpc) is 3.29. The summed E-state index contributed by atoms with van der Waals surface area (Å²) >= 11 is 1.56. The number of carbonyl (C=O) groups is 2. The first-order valence-electron chi connectivity index (χ1n) is 11.9. The van der Waals surface area contributed by atoms with Gasteiger partial charge in [0.25, 0.3) is 5.91 Å². The van der Waals surface area contributed by atoms with Crippen LogP contribution in [0.3, 0.4) is 0 Å². The van der Waals surface area contributed by atoms with Gasteiger partial charge in [0.1, 0.15) is 6.04 Å². The maximum Gasteiger partial charge on any atom is 0.326 e. The predicted octanol–water partition coefficient (Wildman–Crippen LogP) is 4.24. The van der Waals surface area contributed by atoms with E-state index in [-0.39, 0.29) is 5.91 Å². The Morgan fingerprint density at radius 1 is 1.29 bits per heavy atom. The first-order chi connectivity index (χ1) is 16.9. The van der Waals surface area contributed by atoms with Crippen LogP contribution in [0.25, 0.3) is 11.1 Å². The number of rotatable bonds is 12. The number of aliphatic carboxylic acids is 1. The molecule has 7 nitrogen and oxygen atoms in total. The van der Waals surface area contributed by atoms with Gasteiger partial charge in [0.05, 0.1) is 12.6 Å². The number of carboxylic acid groups (broad SMARTS) is 1. The van der Waals surface area contributed by atoms with Crippen LogP contribution in [0.2, 0.25) is 0 Å². The number of carboxylic acids is 1. The van der Waals surface area contributed by atoms with E-state index in [9.17, 15) is 14.7 Å². The number of hydrogen-bond donors (Lipinski definition) is 2. The van der Waals surface area contributed by atoms with E-state index in [1.54, 1.807) is 24.9 Å². The second-order valence-electron chi connectivity index (χ2n) is 8.76. The smallest absolute Gasteiger partial charge is 0.326 e. The van der Waals surface area contributed by atoms with Crippen LogP contribution < -0.4 is 5.32 Å². The highest BCUT2D eigenvalue weighted by Crippen LogP contribution is 2.28. The van der Waals surface area contributed by atoms with Crippen LogP contribution >= 0.6 is 11.8 Å². The number of hydrogen-bond acceptors (Lipinski definition) is 6. The summed E-state index contributed by atoms with van der Waals surface area (Å²) in [7, 11) is 1.71. The zero-order chi connectivity index (χ0) is 25.2. The predicted molar refractivity (Wildman–Crippen MR) is 142 cm³/mol. The summed E-state index contributed by atoms with van der Waals surface area (Å²) in [6.07, 6.45) is 7.02. The van der Waals surface area contributed by atoms with Gasteiger partial charge in [-0.25, -0.2) is 4.79 Å². The van der Waals surface area contributed by atoms with E-state index in [0.29, 0.717) is 36.8 Å². The number of methoxy groups -OCH3 is 1. The Hall–Kier alpha value is -2.84. The molecule has 0 bridgehead atoms. The van der Waals surface area contributed by atoms with Gasteiger partial charge in [-0.1, -0.05) is 30.3 Å². The van der Waals surface area contributed by atoms with Gasteiger partial charge in [0.2, 0.25) is 0 Å². The minimum atomic E-state index is -1.02. The monoisotopic (exact) mass is 497 g/mol. The van der Waals surface area contributed by atoms with E-state index in [1.807, 2.05) is 55.8 Å². The van der Waals surface area contributed by atoms with Crippen LogP contribution in [-0.4, -0.2) is 72.6 Å². The summed E-state index contributed by atoms with van der Waals surface area (Å²) in [5.74, 6) is -0.745. The molecule has 1 aliphatic heterocycles. The Kier molecular flexibility index (Phi) is 10.2. The molecule has 0 aliphatic carbocycles. The maximum atomic E-state index is 13.2. The van der Waals surface area contributed by atoms with E-state index < -0.39 is 12.0 Å². The van der Waals surface area contributed by atoms with Gasteiger partial charge in [0.15, 0.2) is 0 Å². The lowest BCUT2D eigenvalue weighted by molar-refractivity contribution is -0.139. The standard InChI is InChI=1S/C27H35N3O4S/c1-19-7-4-5-9-22(19)24-17-20(12-14-28-30-15-6-8-21(30)18-34-2)10-11-23(24)26(31)29-25(27(32)33)13-16-35-3/h4-5,7,9-11,14,17,21,25H,6,8,12-13,15-16,18H2,1-3H3,(H,29,31)(H,32,33)/t21?,25-/m0/s1. The summed E-state index contributed by atoms with van der Waals surface area (Å²) in [5, 5.41) is 19.0. The Balaban J connectivity index is 1.85. The lowest BCUT2D eigenvalue weighted by Gasteiger charge is -2.20. The van der Waals surface area contributed by atoms with Crippen LogP contribution in [-0.2, 0) is 16.0 Å². The molecule has 0 radical (unpaired) electrons. The highest BCUT2D eigenvalue weighted by Gasteiger charge is 2.24. The lowest BCUT2D eigenvalue weighted by Crippen LogP contribution is -2.41. The van der Waals surface area contributed by atoms with Crippen molar-refractivity contribution >= 4 is 29.9 Å². The molecule has 0 saturated carbocycles. The number of thioether (sulfide) groups is 1.